The second kappa shape index (κ2) is 7.16. The summed E-state index contributed by atoms with van der Waals surface area (Å²) in [5, 5.41) is 13.6. The summed E-state index contributed by atoms with van der Waals surface area (Å²) in [6.45, 7) is 4.18. The van der Waals surface area contributed by atoms with Crippen LogP contribution in [-0.4, -0.2) is 27.5 Å². The van der Waals surface area contributed by atoms with Gasteiger partial charge in [-0.1, -0.05) is 25.5 Å². The van der Waals surface area contributed by atoms with Gasteiger partial charge in [0, 0.05) is 17.1 Å². The quantitative estimate of drug-likeness (QED) is 0.548. The Labute approximate surface area is 162 Å². The number of nitriles is 1. The first-order valence-corrected chi connectivity index (χ1v) is 10.0. The lowest BCUT2D eigenvalue weighted by Gasteiger charge is -2.21. The Hall–Kier alpha value is -2.66. The van der Waals surface area contributed by atoms with Gasteiger partial charge in [-0.25, -0.2) is 19.8 Å². The zero-order valence-electron chi connectivity index (χ0n) is 15.5. The van der Waals surface area contributed by atoms with E-state index in [9.17, 15) is 0 Å². The summed E-state index contributed by atoms with van der Waals surface area (Å²) in [6, 6.07) is 4.01. The molecule has 4 heterocycles. The van der Waals surface area contributed by atoms with Gasteiger partial charge in [-0.05, 0) is 37.5 Å². The summed E-state index contributed by atoms with van der Waals surface area (Å²) in [7, 11) is 0. The van der Waals surface area contributed by atoms with Crippen LogP contribution in [0.15, 0.2) is 23.3 Å². The highest BCUT2D eigenvalue weighted by atomic mass is 32.1. The molecule has 0 atom stereocenters. The van der Waals surface area contributed by atoms with Crippen molar-refractivity contribution in [1.29, 1.82) is 5.26 Å². The molecule has 27 heavy (non-hydrogen) atoms. The highest BCUT2D eigenvalue weighted by Crippen LogP contribution is 2.38. The van der Waals surface area contributed by atoms with Gasteiger partial charge in [0.05, 0.1) is 22.5 Å². The minimum absolute atomic E-state index is 0.218. The van der Waals surface area contributed by atoms with Crippen molar-refractivity contribution in [2.24, 2.45) is 4.99 Å². The van der Waals surface area contributed by atoms with Gasteiger partial charge in [-0.2, -0.15) is 0 Å². The van der Waals surface area contributed by atoms with E-state index >= 15 is 0 Å². The van der Waals surface area contributed by atoms with Crippen LogP contribution in [0.2, 0.25) is 12.6 Å². The Kier molecular flexibility index (Phi) is 4.71. The first-order chi connectivity index (χ1) is 13.0. The van der Waals surface area contributed by atoms with Gasteiger partial charge in [0.1, 0.15) is 0 Å². The number of aliphatic imine (C=N–C) groups is 1. The lowest BCUT2D eigenvalue weighted by molar-refractivity contribution is 0.621. The number of aromatic nitrogens is 3. The van der Waals surface area contributed by atoms with E-state index in [1.54, 1.807) is 15.9 Å². The number of rotatable bonds is 3. The van der Waals surface area contributed by atoms with Gasteiger partial charge >= 0.3 is 0 Å². The zero-order valence-corrected chi connectivity index (χ0v) is 16.3. The van der Waals surface area contributed by atoms with Crippen LogP contribution in [0.3, 0.4) is 0 Å². The van der Waals surface area contributed by atoms with Crippen LogP contribution in [0.1, 0.15) is 39.8 Å². The van der Waals surface area contributed by atoms with Crippen molar-refractivity contribution in [2.75, 3.05) is 5.73 Å². The molecular formula is C19H21BN6S. The molecule has 0 saturated carbocycles. The van der Waals surface area contributed by atoms with E-state index in [-0.39, 0.29) is 6.71 Å². The van der Waals surface area contributed by atoms with Crippen LogP contribution in [0, 0.1) is 25.1 Å². The van der Waals surface area contributed by atoms with Crippen molar-refractivity contribution in [3.05, 3.63) is 39.3 Å². The molecular weight excluding hydrogens is 355 g/mol. The van der Waals surface area contributed by atoms with Crippen LogP contribution in [0.25, 0.3) is 5.65 Å². The fraction of sp³-hybridized carbons (Fsp3) is 0.368. The molecule has 0 radical (unpaired) electrons. The van der Waals surface area contributed by atoms with Gasteiger partial charge < -0.3 is 5.73 Å². The van der Waals surface area contributed by atoms with E-state index in [4.69, 9.17) is 11.0 Å². The van der Waals surface area contributed by atoms with Crippen LogP contribution in [0.4, 0.5) is 11.5 Å². The Bertz CT molecular complexity index is 1050. The van der Waals surface area contributed by atoms with Crippen molar-refractivity contribution in [3.63, 3.8) is 0 Å². The number of imidazole rings is 1. The molecule has 0 spiro atoms. The summed E-state index contributed by atoms with van der Waals surface area (Å²) >= 11 is 1.70. The van der Waals surface area contributed by atoms with E-state index in [0.29, 0.717) is 11.7 Å². The van der Waals surface area contributed by atoms with Crippen molar-refractivity contribution < 1.29 is 0 Å². The first-order valence-electron chi connectivity index (χ1n) is 9.20. The second-order valence-corrected chi connectivity index (χ2v) is 8.36. The number of hydrogen-bond acceptors (Lipinski definition) is 6. The highest BCUT2D eigenvalue weighted by Gasteiger charge is 2.26. The van der Waals surface area contributed by atoms with Crippen LogP contribution < -0.4 is 5.73 Å². The molecule has 4 rings (SSSR count). The minimum Gasteiger partial charge on any atom is -0.398 e. The Morgan fingerprint density at radius 1 is 1.37 bits per heavy atom. The average molecular weight is 376 g/mol. The molecule has 0 amide bonds. The van der Waals surface area contributed by atoms with Crippen molar-refractivity contribution >= 4 is 41.4 Å². The van der Waals surface area contributed by atoms with Crippen LogP contribution in [0.5, 0.6) is 0 Å². The van der Waals surface area contributed by atoms with Crippen LogP contribution in [-0.2, 0) is 0 Å². The molecule has 1 aliphatic heterocycles. The Balaban J connectivity index is 1.55. The number of anilines is 1. The molecule has 1 fully saturated rings. The highest BCUT2D eigenvalue weighted by molar-refractivity contribution is 7.14. The molecule has 6 nitrogen and oxygen atoms in total. The number of nitrogens with zero attached hydrogens (tertiary/aromatic N) is 5. The van der Waals surface area contributed by atoms with E-state index in [0.717, 1.165) is 53.0 Å². The number of nitrogen functional groups attached to an aromatic ring is 1. The lowest BCUT2D eigenvalue weighted by Crippen LogP contribution is -2.18. The Morgan fingerprint density at radius 3 is 2.89 bits per heavy atom. The fourth-order valence-corrected chi connectivity index (χ4v) is 4.79. The molecule has 136 valence electrons. The van der Waals surface area contributed by atoms with Crippen molar-refractivity contribution in [1.82, 2.24) is 14.6 Å². The summed E-state index contributed by atoms with van der Waals surface area (Å²) < 4.78 is 1.77. The zero-order chi connectivity index (χ0) is 19.0. The van der Waals surface area contributed by atoms with E-state index in [2.05, 4.69) is 27.1 Å². The molecule has 2 N–H and O–H groups in total. The third kappa shape index (κ3) is 3.60. The summed E-state index contributed by atoms with van der Waals surface area (Å²) in [5.41, 5.74) is 9.82. The van der Waals surface area contributed by atoms with E-state index in [1.807, 2.05) is 32.3 Å². The van der Waals surface area contributed by atoms with Crippen molar-refractivity contribution in [2.45, 2.75) is 45.2 Å². The lowest BCUT2D eigenvalue weighted by atomic mass is 9.42. The third-order valence-electron chi connectivity index (χ3n) is 5.15. The predicted molar refractivity (Wildman–Crippen MR) is 111 cm³/mol. The number of hydrogen-bond donors (Lipinski definition) is 1. The summed E-state index contributed by atoms with van der Waals surface area (Å²) in [6.07, 6.45) is 7.79. The normalized spacial score (nSPS) is 15.7. The first kappa shape index (κ1) is 17.7. The van der Waals surface area contributed by atoms with Gasteiger partial charge in [0.25, 0.3) is 6.71 Å². The third-order valence-corrected chi connectivity index (χ3v) is 6.40. The maximum atomic E-state index is 9.06. The molecule has 8 heteroatoms. The number of nitrogens with two attached hydrogens (primary N) is 1. The van der Waals surface area contributed by atoms with Gasteiger partial charge in [-0.3, -0.25) is 0 Å². The topological polar surface area (TPSA) is 92.4 Å². The monoisotopic (exact) mass is 376 g/mol. The van der Waals surface area contributed by atoms with Crippen molar-refractivity contribution in [3.8, 4) is 5.97 Å². The van der Waals surface area contributed by atoms with Gasteiger partial charge in [0.2, 0.25) is 0 Å². The number of aryl methyl sites for hydroxylation is 2. The Morgan fingerprint density at radius 2 is 2.15 bits per heavy atom. The molecule has 0 bridgehead atoms. The maximum absolute atomic E-state index is 9.06. The summed E-state index contributed by atoms with van der Waals surface area (Å²) in [4.78, 5) is 11.3. The smallest absolute Gasteiger partial charge is 0.267 e. The maximum Gasteiger partial charge on any atom is 0.267 e. The number of fused-ring (bicyclic) bond motifs is 1. The molecule has 0 aliphatic carbocycles. The SMILES string of the molecule is Cc1cn2nc(N=Cc3sc(C4CCB(C#N)CC4)cc3N)cc(C)c2n1. The summed E-state index contributed by atoms with van der Waals surface area (Å²) in [5.74, 6) is 3.54. The van der Waals surface area contributed by atoms with E-state index < -0.39 is 0 Å². The largest absolute Gasteiger partial charge is 0.398 e. The van der Waals surface area contributed by atoms with Gasteiger partial charge in [0.15, 0.2) is 11.5 Å². The second-order valence-electron chi connectivity index (χ2n) is 7.24. The average Bonchev–Trinajstić information content (AvgIpc) is 3.22. The fourth-order valence-electron chi connectivity index (χ4n) is 3.66. The molecule has 3 aromatic heterocycles. The molecule has 1 aliphatic rings. The predicted octanol–water partition coefficient (Wildman–Crippen LogP) is 4.18. The van der Waals surface area contributed by atoms with Gasteiger partial charge in [-0.15, -0.1) is 16.4 Å². The van der Waals surface area contributed by atoms with E-state index in [1.165, 1.54) is 4.88 Å². The number of thiophene rings is 1. The minimum atomic E-state index is 0.218. The molecule has 3 aromatic rings. The standard InChI is InChI=1S/C19H21BN6S/c1-12-7-18(25-26-10-13(2)24-19(12)26)23-9-17-15(22)8-16(27-17)14-3-5-20(11-21)6-4-14/h7-10,14H,3-6,22H2,1-2H3. The van der Waals surface area contributed by atoms with Crippen LogP contribution >= 0.6 is 11.3 Å². The molecule has 0 unspecified atom stereocenters. The molecule has 0 aromatic carbocycles. The molecule has 1 saturated heterocycles.